The summed E-state index contributed by atoms with van der Waals surface area (Å²) in [6.07, 6.45) is 1.94. The van der Waals surface area contributed by atoms with Crippen molar-refractivity contribution in [1.29, 1.82) is 0 Å². The first-order valence-corrected chi connectivity index (χ1v) is 9.35. The highest BCUT2D eigenvalue weighted by atomic mass is 32.1. The number of pyridine rings is 1. The molecule has 0 radical (unpaired) electrons. The number of nitrogens with zero attached hydrogens (tertiary/aromatic N) is 3. The number of imidazole rings is 1. The Hall–Kier alpha value is -2.22. The molecule has 25 heavy (non-hydrogen) atoms. The van der Waals surface area contributed by atoms with Crippen LogP contribution in [0.5, 0.6) is 0 Å². The number of rotatable bonds is 5. The summed E-state index contributed by atoms with van der Waals surface area (Å²) in [5, 5.41) is 7.07. The van der Waals surface area contributed by atoms with Crippen molar-refractivity contribution >= 4 is 22.9 Å². The van der Waals surface area contributed by atoms with Crippen molar-refractivity contribution in [2.24, 2.45) is 0 Å². The molecule has 7 heteroatoms. The summed E-state index contributed by atoms with van der Waals surface area (Å²) in [7, 11) is 0. The smallest absolute Gasteiger partial charge is 0.272 e. The molecule has 0 atom stereocenters. The van der Waals surface area contributed by atoms with E-state index in [9.17, 15) is 4.79 Å². The number of ether oxygens (including phenoxy) is 1. The average Bonchev–Trinajstić information content (AvgIpc) is 3.29. The number of carbonyl (C=O) groups is 1. The van der Waals surface area contributed by atoms with Crippen LogP contribution in [-0.4, -0.2) is 59.6 Å². The van der Waals surface area contributed by atoms with Gasteiger partial charge < -0.3 is 10.1 Å². The Morgan fingerprint density at radius 1 is 1.28 bits per heavy atom. The molecule has 1 N–H and O–H groups in total. The highest BCUT2D eigenvalue weighted by Crippen LogP contribution is 2.27. The Morgan fingerprint density at radius 3 is 2.96 bits per heavy atom. The number of carbonyl (C=O) groups excluding carboxylic acids is 1. The van der Waals surface area contributed by atoms with Gasteiger partial charge >= 0.3 is 0 Å². The van der Waals surface area contributed by atoms with Crippen LogP contribution in [-0.2, 0) is 4.74 Å². The lowest BCUT2D eigenvalue weighted by Gasteiger charge is -2.26. The van der Waals surface area contributed by atoms with Crippen LogP contribution in [0.2, 0.25) is 0 Å². The maximum atomic E-state index is 12.7. The van der Waals surface area contributed by atoms with E-state index in [1.165, 1.54) is 0 Å². The second-order valence-corrected chi connectivity index (χ2v) is 6.74. The molecule has 4 heterocycles. The van der Waals surface area contributed by atoms with Gasteiger partial charge in [0.2, 0.25) is 0 Å². The minimum Gasteiger partial charge on any atom is -0.379 e. The van der Waals surface area contributed by atoms with E-state index < -0.39 is 0 Å². The summed E-state index contributed by atoms with van der Waals surface area (Å²) in [5.74, 6) is -0.127. The number of aromatic nitrogens is 2. The predicted octanol–water partition coefficient (Wildman–Crippen LogP) is 2.12. The number of hydrogen-bond acceptors (Lipinski definition) is 5. The maximum Gasteiger partial charge on any atom is 0.272 e. The van der Waals surface area contributed by atoms with Crippen LogP contribution in [0.25, 0.3) is 16.9 Å². The van der Waals surface area contributed by atoms with Gasteiger partial charge in [-0.2, -0.15) is 11.3 Å². The van der Waals surface area contributed by atoms with E-state index in [1.54, 1.807) is 11.3 Å². The van der Waals surface area contributed by atoms with Crippen molar-refractivity contribution in [2.75, 3.05) is 39.4 Å². The van der Waals surface area contributed by atoms with Gasteiger partial charge in [-0.25, -0.2) is 4.98 Å². The SMILES string of the molecule is O=C(NCCN1CCOCC1)c1nc2ccccn2c1-c1ccsc1. The van der Waals surface area contributed by atoms with Gasteiger partial charge in [-0.05, 0) is 23.6 Å². The van der Waals surface area contributed by atoms with Crippen molar-refractivity contribution in [2.45, 2.75) is 0 Å². The summed E-state index contributed by atoms with van der Waals surface area (Å²) in [5.41, 5.74) is 3.12. The maximum absolute atomic E-state index is 12.7. The zero-order chi connectivity index (χ0) is 17.1. The molecule has 3 aromatic rings. The highest BCUT2D eigenvalue weighted by molar-refractivity contribution is 7.08. The van der Waals surface area contributed by atoms with Gasteiger partial charge in [0.05, 0.1) is 18.9 Å². The number of nitrogens with one attached hydrogen (secondary N) is 1. The normalized spacial score (nSPS) is 15.5. The van der Waals surface area contributed by atoms with Gasteiger partial charge in [0.25, 0.3) is 5.91 Å². The Balaban J connectivity index is 1.53. The number of morpholine rings is 1. The van der Waals surface area contributed by atoms with Crippen molar-refractivity contribution in [3.05, 3.63) is 46.9 Å². The second-order valence-electron chi connectivity index (χ2n) is 5.96. The molecule has 0 spiro atoms. The lowest BCUT2D eigenvalue weighted by molar-refractivity contribution is 0.0383. The van der Waals surface area contributed by atoms with Crippen molar-refractivity contribution in [1.82, 2.24) is 19.6 Å². The quantitative estimate of drug-likeness (QED) is 0.761. The Labute approximate surface area is 150 Å². The fraction of sp³-hybridized carbons (Fsp3) is 0.333. The molecule has 0 aromatic carbocycles. The Kier molecular flexibility index (Phi) is 4.78. The van der Waals surface area contributed by atoms with E-state index >= 15 is 0 Å². The molecule has 6 nitrogen and oxygen atoms in total. The summed E-state index contributed by atoms with van der Waals surface area (Å²) in [6.45, 7) is 4.81. The Morgan fingerprint density at radius 2 is 2.16 bits per heavy atom. The topological polar surface area (TPSA) is 58.9 Å². The second kappa shape index (κ2) is 7.35. The fourth-order valence-corrected chi connectivity index (χ4v) is 3.71. The fourth-order valence-electron chi connectivity index (χ4n) is 3.07. The first-order valence-electron chi connectivity index (χ1n) is 8.41. The number of hydrogen-bond donors (Lipinski definition) is 1. The summed E-state index contributed by atoms with van der Waals surface area (Å²) < 4.78 is 7.32. The van der Waals surface area contributed by atoms with Gasteiger partial charge in [0, 0.05) is 43.3 Å². The Bertz CT molecular complexity index is 853. The van der Waals surface area contributed by atoms with E-state index in [0.29, 0.717) is 12.2 Å². The van der Waals surface area contributed by atoms with E-state index in [0.717, 1.165) is 49.8 Å². The molecular weight excluding hydrogens is 336 g/mol. The molecule has 4 rings (SSSR count). The molecule has 3 aromatic heterocycles. The van der Waals surface area contributed by atoms with Crippen LogP contribution in [0.1, 0.15) is 10.5 Å². The lowest BCUT2D eigenvalue weighted by Crippen LogP contribution is -2.41. The van der Waals surface area contributed by atoms with E-state index in [2.05, 4.69) is 15.2 Å². The molecule has 0 saturated carbocycles. The van der Waals surface area contributed by atoms with Crippen LogP contribution in [0.4, 0.5) is 0 Å². The standard InChI is InChI=1S/C18H20N4O2S/c23-18(19-5-7-21-8-10-24-11-9-21)16-17(14-4-12-25-13-14)22-6-2-1-3-15(22)20-16/h1-4,6,12-13H,5,7-11H2,(H,19,23). The van der Waals surface area contributed by atoms with E-state index in [4.69, 9.17) is 4.74 Å². The van der Waals surface area contributed by atoms with E-state index in [1.807, 2.05) is 45.6 Å². The molecule has 0 bridgehead atoms. The lowest BCUT2D eigenvalue weighted by atomic mass is 10.2. The number of amides is 1. The summed E-state index contributed by atoms with van der Waals surface area (Å²) in [4.78, 5) is 19.6. The first kappa shape index (κ1) is 16.3. The third-order valence-electron chi connectivity index (χ3n) is 4.36. The predicted molar refractivity (Wildman–Crippen MR) is 98.1 cm³/mol. The first-order chi connectivity index (χ1) is 12.3. The largest absolute Gasteiger partial charge is 0.379 e. The molecule has 1 amide bonds. The van der Waals surface area contributed by atoms with E-state index in [-0.39, 0.29) is 5.91 Å². The number of thiophene rings is 1. The molecule has 1 aliphatic heterocycles. The number of fused-ring (bicyclic) bond motifs is 1. The van der Waals surface area contributed by atoms with Gasteiger partial charge in [0.1, 0.15) is 5.65 Å². The third-order valence-corrected chi connectivity index (χ3v) is 5.04. The molecule has 0 unspecified atom stereocenters. The molecule has 1 fully saturated rings. The highest BCUT2D eigenvalue weighted by Gasteiger charge is 2.20. The zero-order valence-electron chi connectivity index (χ0n) is 13.9. The van der Waals surface area contributed by atoms with Gasteiger partial charge in [-0.1, -0.05) is 6.07 Å². The van der Waals surface area contributed by atoms with Crippen molar-refractivity contribution in [3.63, 3.8) is 0 Å². The molecule has 1 aliphatic rings. The molecule has 130 valence electrons. The van der Waals surface area contributed by atoms with Crippen LogP contribution < -0.4 is 5.32 Å². The monoisotopic (exact) mass is 356 g/mol. The van der Waals surface area contributed by atoms with Crippen molar-refractivity contribution in [3.8, 4) is 11.3 Å². The minimum absolute atomic E-state index is 0.127. The van der Waals surface area contributed by atoms with Gasteiger partial charge in [0.15, 0.2) is 5.69 Å². The van der Waals surface area contributed by atoms with Gasteiger partial charge in [-0.3, -0.25) is 14.1 Å². The summed E-state index contributed by atoms with van der Waals surface area (Å²) >= 11 is 1.61. The molecule has 0 aliphatic carbocycles. The van der Waals surface area contributed by atoms with Gasteiger partial charge in [-0.15, -0.1) is 0 Å². The van der Waals surface area contributed by atoms with Crippen molar-refractivity contribution < 1.29 is 9.53 Å². The summed E-state index contributed by atoms with van der Waals surface area (Å²) in [6, 6.07) is 7.82. The van der Waals surface area contributed by atoms with Crippen LogP contribution >= 0.6 is 11.3 Å². The van der Waals surface area contributed by atoms with Crippen LogP contribution in [0.3, 0.4) is 0 Å². The molecular formula is C18H20N4O2S. The van der Waals surface area contributed by atoms with Crippen LogP contribution in [0.15, 0.2) is 41.2 Å². The average molecular weight is 356 g/mol. The third kappa shape index (κ3) is 3.44. The molecule has 1 saturated heterocycles. The van der Waals surface area contributed by atoms with Crippen LogP contribution in [0, 0.1) is 0 Å². The minimum atomic E-state index is -0.127. The zero-order valence-corrected chi connectivity index (χ0v) is 14.7.